The van der Waals surface area contributed by atoms with Crippen molar-refractivity contribution in [2.24, 2.45) is 0 Å². The second-order valence-corrected chi connectivity index (χ2v) is 4.35. The number of rotatable bonds is 5. The van der Waals surface area contributed by atoms with Gasteiger partial charge in [0.05, 0.1) is 6.42 Å². The minimum atomic E-state index is -0.858. The van der Waals surface area contributed by atoms with Gasteiger partial charge in [0.15, 0.2) is 0 Å². The fourth-order valence-electron chi connectivity index (χ4n) is 1.91. The van der Waals surface area contributed by atoms with Crippen molar-refractivity contribution in [1.82, 2.24) is 0 Å². The number of carboxylic acids is 1. The Morgan fingerprint density at radius 3 is 2.42 bits per heavy atom. The predicted molar refractivity (Wildman–Crippen MR) is 73.3 cm³/mol. The Kier molecular flexibility index (Phi) is 4.18. The number of para-hydroxylation sites is 1. The normalized spacial score (nSPS) is 11.8. The maximum Gasteiger partial charge on any atom is 0.307 e. The molecule has 0 saturated carbocycles. The average molecular weight is 256 g/mol. The van der Waals surface area contributed by atoms with Gasteiger partial charge in [-0.25, -0.2) is 0 Å². The zero-order valence-corrected chi connectivity index (χ0v) is 10.7. The quantitative estimate of drug-likeness (QED) is 0.891. The molecule has 0 bridgehead atoms. The van der Waals surface area contributed by atoms with Crippen molar-refractivity contribution in [2.45, 2.75) is 19.4 Å². The van der Waals surface area contributed by atoms with Crippen LogP contribution < -0.4 is 4.74 Å². The highest BCUT2D eigenvalue weighted by Crippen LogP contribution is 2.25. The topological polar surface area (TPSA) is 46.5 Å². The molecule has 0 aliphatic heterocycles. The van der Waals surface area contributed by atoms with Crippen LogP contribution in [0.15, 0.2) is 54.6 Å². The Bertz CT molecular complexity index is 549. The molecule has 2 rings (SSSR count). The monoisotopic (exact) mass is 256 g/mol. The molecule has 1 unspecified atom stereocenters. The molecular weight excluding hydrogens is 240 g/mol. The minimum absolute atomic E-state index is 0.0301. The largest absolute Gasteiger partial charge is 0.486 e. The fourth-order valence-corrected chi connectivity index (χ4v) is 1.91. The zero-order valence-electron chi connectivity index (χ0n) is 10.7. The molecule has 0 spiro atoms. The third-order valence-electron chi connectivity index (χ3n) is 2.89. The van der Waals surface area contributed by atoms with Crippen LogP contribution in [0.4, 0.5) is 0 Å². The highest BCUT2D eigenvalue weighted by Gasteiger charge is 2.11. The summed E-state index contributed by atoms with van der Waals surface area (Å²) in [7, 11) is 0. The zero-order chi connectivity index (χ0) is 13.7. The second-order valence-electron chi connectivity index (χ2n) is 4.35. The molecule has 0 aliphatic carbocycles. The molecule has 0 saturated heterocycles. The molecule has 2 aromatic rings. The van der Waals surface area contributed by atoms with Crippen LogP contribution in [0.25, 0.3) is 0 Å². The number of hydrogen-bond acceptors (Lipinski definition) is 2. The van der Waals surface area contributed by atoms with Gasteiger partial charge in [0.25, 0.3) is 0 Å². The van der Waals surface area contributed by atoms with E-state index in [-0.39, 0.29) is 12.5 Å². The van der Waals surface area contributed by atoms with Crippen molar-refractivity contribution in [2.75, 3.05) is 0 Å². The first kappa shape index (κ1) is 13.1. The molecule has 0 radical (unpaired) electrons. The van der Waals surface area contributed by atoms with Crippen LogP contribution in [0.3, 0.4) is 0 Å². The van der Waals surface area contributed by atoms with Crippen molar-refractivity contribution in [3.05, 3.63) is 65.7 Å². The molecular formula is C16H16O3. The highest BCUT2D eigenvalue weighted by atomic mass is 16.5. The van der Waals surface area contributed by atoms with Gasteiger partial charge in [0.1, 0.15) is 11.9 Å². The standard InChI is InChI=1S/C16H16O3/c1-12(13-7-3-2-4-8-13)19-15-10-6-5-9-14(15)11-16(17)18/h2-10,12H,11H2,1H3,(H,17,18). The van der Waals surface area contributed by atoms with Crippen LogP contribution in [-0.4, -0.2) is 11.1 Å². The van der Waals surface area contributed by atoms with Gasteiger partial charge in [-0.2, -0.15) is 0 Å². The molecule has 0 fully saturated rings. The summed E-state index contributed by atoms with van der Waals surface area (Å²) >= 11 is 0. The molecule has 0 aromatic heterocycles. The van der Waals surface area contributed by atoms with Gasteiger partial charge in [-0.3, -0.25) is 4.79 Å². The third-order valence-corrected chi connectivity index (χ3v) is 2.89. The lowest BCUT2D eigenvalue weighted by Crippen LogP contribution is -2.07. The van der Waals surface area contributed by atoms with Crippen LogP contribution in [0.5, 0.6) is 5.75 Å². The molecule has 1 atom stereocenters. The summed E-state index contributed by atoms with van der Waals surface area (Å²) in [6.07, 6.45) is -0.145. The molecule has 2 aromatic carbocycles. The number of carbonyl (C=O) groups is 1. The number of aliphatic carboxylic acids is 1. The van der Waals surface area contributed by atoms with E-state index in [4.69, 9.17) is 9.84 Å². The molecule has 3 heteroatoms. The lowest BCUT2D eigenvalue weighted by Gasteiger charge is -2.17. The summed E-state index contributed by atoms with van der Waals surface area (Å²) in [6.45, 7) is 1.95. The number of benzene rings is 2. The fraction of sp³-hybridized carbons (Fsp3) is 0.188. The van der Waals surface area contributed by atoms with Crippen molar-refractivity contribution in [1.29, 1.82) is 0 Å². The van der Waals surface area contributed by atoms with E-state index in [1.807, 2.05) is 49.4 Å². The summed E-state index contributed by atoms with van der Waals surface area (Å²) in [6, 6.07) is 17.1. The lowest BCUT2D eigenvalue weighted by molar-refractivity contribution is -0.136. The van der Waals surface area contributed by atoms with Crippen LogP contribution >= 0.6 is 0 Å². The van der Waals surface area contributed by atoms with Crippen LogP contribution in [0, 0.1) is 0 Å². The van der Waals surface area contributed by atoms with E-state index >= 15 is 0 Å². The summed E-state index contributed by atoms with van der Waals surface area (Å²) in [5.41, 5.74) is 1.76. The Hall–Kier alpha value is -2.29. The Morgan fingerprint density at radius 2 is 1.74 bits per heavy atom. The first-order valence-electron chi connectivity index (χ1n) is 6.18. The van der Waals surface area contributed by atoms with Gasteiger partial charge in [-0.05, 0) is 18.6 Å². The van der Waals surface area contributed by atoms with E-state index < -0.39 is 5.97 Å². The lowest BCUT2D eigenvalue weighted by atomic mass is 10.1. The van der Waals surface area contributed by atoms with Crippen molar-refractivity contribution >= 4 is 5.97 Å². The van der Waals surface area contributed by atoms with E-state index in [1.165, 1.54) is 0 Å². The Morgan fingerprint density at radius 1 is 1.11 bits per heavy atom. The smallest absolute Gasteiger partial charge is 0.307 e. The molecule has 0 amide bonds. The van der Waals surface area contributed by atoms with Gasteiger partial charge in [0.2, 0.25) is 0 Å². The van der Waals surface area contributed by atoms with Gasteiger partial charge in [-0.15, -0.1) is 0 Å². The van der Waals surface area contributed by atoms with Crippen LogP contribution in [-0.2, 0) is 11.2 Å². The Labute approximate surface area is 112 Å². The highest BCUT2D eigenvalue weighted by molar-refractivity contribution is 5.71. The number of carboxylic acid groups (broad SMARTS) is 1. The van der Waals surface area contributed by atoms with Crippen LogP contribution in [0.2, 0.25) is 0 Å². The third kappa shape index (κ3) is 3.58. The van der Waals surface area contributed by atoms with Crippen molar-refractivity contribution in [3.63, 3.8) is 0 Å². The molecule has 19 heavy (non-hydrogen) atoms. The van der Waals surface area contributed by atoms with Gasteiger partial charge in [0, 0.05) is 5.56 Å². The van der Waals surface area contributed by atoms with E-state index in [1.54, 1.807) is 12.1 Å². The predicted octanol–water partition coefficient (Wildman–Crippen LogP) is 3.45. The van der Waals surface area contributed by atoms with Gasteiger partial charge in [-0.1, -0.05) is 48.5 Å². The first-order valence-corrected chi connectivity index (χ1v) is 6.18. The van der Waals surface area contributed by atoms with Crippen molar-refractivity contribution < 1.29 is 14.6 Å². The van der Waals surface area contributed by atoms with E-state index in [0.717, 1.165) is 5.56 Å². The maximum atomic E-state index is 10.8. The number of ether oxygens (including phenoxy) is 1. The maximum absolute atomic E-state index is 10.8. The summed E-state index contributed by atoms with van der Waals surface area (Å²) in [4.78, 5) is 10.8. The number of hydrogen-bond donors (Lipinski definition) is 1. The average Bonchev–Trinajstić information content (AvgIpc) is 2.41. The summed E-state index contributed by atoms with van der Waals surface area (Å²) in [5.74, 6) is -0.232. The summed E-state index contributed by atoms with van der Waals surface area (Å²) < 4.78 is 5.87. The van der Waals surface area contributed by atoms with E-state index in [0.29, 0.717) is 11.3 Å². The van der Waals surface area contributed by atoms with E-state index in [9.17, 15) is 4.79 Å². The molecule has 98 valence electrons. The van der Waals surface area contributed by atoms with Crippen LogP contribution in [0.1, 0.15) is 24.2 Å². The Balaban J connectivity index is 2.17. The van der Waals surface area contributed by atoms with Crippen molar-refractivity contribution in [3.8, 4) is 5.75 Å². The molecule has 1 N–H and O–H groups in total. The molecule has 0 heterocycles. The SMILES string of the molecule is CC(Oc1ccccc1CC(=O)O)c1ccccc1. The molecule has 3 nitrogen and oxygen atoms in total. The van der Waals surface area contributed by atoms with Gasteiger partial charge < -0.3 is 9.84 Å². The minimum Gasteiger partial charge on any atom is -0.486 e. The van der Waals surface area contributed by atoms with Gasteiger partial charge >= 0.3 is 5.97 Å². The first-order chi connectivity index (χ1) is 9.16. The second kappa shape index (κ2) is 6.05. The molecule has 0 aliphatic rings. The summed E-state index contributed by atoms with van der Waals surface area (Å²) in [5, 5.41) is 8.89. The van der Waals surface area contributed by atoms with E-state index in [2.05, 4.69) is 0 Å².